The Balaban J connectivity index is 0.000000280. The fraction of sp³-hybridized carbons (Fsp3) is 0.150. The second kappa shape index (κ2) is 14.4. The number of sulfone groups is 1. The SMILES string of the molecule is CC(C)Cc1cc(-c2[c-]cc3c(c2)-c2ccccc2S3(=O)=O)ncc1[Si](C)(C)c1ccccc1.[Ir].[c-]1ccccc1-c1ccccn1. The summed E-state index contributed by atoms with van der Waals surface area (Å²) < 4.78 is 25.9. The maximum Gasteiger partial charge on any atom is 0.173 e. The molecule has 0 saturated carbocycles. The molecule has 1 aliphatic rings. The third-order valence-corrected chi connectivity index (χ3v) is 13.8. The molecule has 47 heavy (non-hydrogen) atoms. The van der Waals surface area contributed by atoms with Crippen molar-refractivity contribution in [2.24, 2.45) is 5.92 Å². The van der Waals surface area contributed by atoms with Crippen LogP contribution in [0.25, 0.3) is 33.6 Å². The summed E-state index contributed by atoms with van der Waals surface area (Å²) in [4.78, 5) is 9.80. The Kier molecular flexibility index (Phi) is 10.5. The first-order valence-corrected chi connectivity index (χ1v) is 20.0. The fourth-order valence-corrected chi connectivity index (χ4v) is 10.3. The molecule has 1 radical (unpaired) electrons. The smallest absolute Gasteiger partial charge is 0.173 e. The number of hydrogen-bond donors (Lipinski definition) is 0. The van der Waals surface area contributed by atoms with Crippen molar-refractivity contribution in [1.29, 1.82) is 0 Å². The summed E-state index contributed by atoms with van der Waals surface area (Å²) in [5, 5.41) is 2.74. The molecule has 6 aromatic rings. The Morgan fingerprint density at radius 3 is 2.15 bits per heavy atom. The van der Waals surface area contributed by atoms with Gasteiger partial charge in [-0.15, -0.1) is 59.7 Å². The van der Waals surface area contributed by atoms with Crippen LogP contribution in [0, 0.1) is 18.1 Å². The molecule has 0 aliphatic carbocycles. The van der Waals surface area contributed by atoms with Crippen LogP contribution in [0.2, 0.25) is 13.1 Å². The van der Waals surface area contributed by atoms with E-state index in [0.29, 0.717) is 15.7 Å². The van der Waals surface area contributed by atoms with Gasteiger partial charge >= 0.3 is 0 Å². The Morgan fingerprint density at radius 2 is 1.45 bits per heavy atom. The van der Waals surface area contributed by atoms with Crippen LogP contribution in [0.1, 0.15) is 19.4 Å². The Labute approximate surface area is 293 Å². The number of hydrogen-bond acceptors (Lipinski definition) is 4. The second-order valence-corrected chi connectivity index (χ2v) is 18.7. The zero-order chi connectivity index (χ0) is 32.3. The monoisotopic (exact) mass is 829 g/mol. The van der Waals surface area contributed by atoms with Gasteiger partial charge in [0.25, 0.3) is 0 Å². The van der Waals surface area contributed by atoms with Crippen LogP contribution in [0.5, 0.6) is 0 Å². The molecule has 0 N–H and O–H groups in total. The molecule has 0 bridgehead atoms. The zero-order valence-electron chi connectivity index (χ0n) is 26.9. The summed E-state index contributed by atoms with van der Waals surface area (Å²) in [5.41, 5.74) is 6.48. The van der Waals surface area contributed by atoms with Gasteiger partial charge in [-0.3, -0.25) is 0 Å². The van der Waals surface area contributed by atoms with Gasteiger partial charge in [-0.2, -0.15) is 0 Å². The van der Waals surface area contributed by atoms with Crippen molar-refractivity contribution < 1.29 is 28.5 Å². The molecular weight excluding hydrogens is 793 g/mol. The van der Waals surface area contributed by atoms with Crippen molar-refractivity contribution in [3.8, 4) is 33.6 Å². The van der Waals surface area contributed by atoms with Crippen molar-refractivity contribution >= 4 is 28.3 Å². The topological polar surface area (TPSA) is 59.9 Å². The molecule has 0 spiro atoms. The van der Waals surface area contributed by atoms with Gasteiger partial charge in [-0.1, -0.05) is 110 Å². The molecule has 4 nitrogen and oxygen atoms in total. The van der Waals surface area contributed by atoms with Crippen LogP contribution >= 0.6 is 0 Å². The van der Waals surface area contributed by atoms with Gasteiger partial charge < -0.3 is 9.97 Å². The van der Waals surface area contributed by atoms with E-state index < -0.39 is 17.9 Å². The van der Waals surface area contributed by atoms with Crippen LogP contribution in [0.3, 0.4) is 0 Å². The normalized spacial score (nSPS) is 12.7. The molecule has 4 aromatic carbocycles. The van der Waals surface area contributed by atoms with E-state index in [9.17, 15) is 8.42 Å². The Hall–Kier alpha value is -4.00. The van der Waals surface area contributed by atoms with E-state index in [1.807, 2.05) is 60.7 Å². The van der Waals surface area contributed by atoms with Crippen LogP contribution in [0.15, 0.2) is 137 Å². The molecule has 0 saturated heterocycles. The third-order valence-electron chi connectivity index (χ3n) is 8.38. The molecular formula is C40H36IrN2O2SSi-2. The first kappa shape index (κ1) is 34.3. The predicted molar refractivity (Wildman–Crippen MR) is 190 cm³/mol. The summed E-state index contributed by atoms with van der Waals surface area (Å²) >= 11 is 0. The molecule has 0 amide bonds. The van der Waals surface area contributed by atoms with Gasteiger partial charge in [0.2, 0.25) is 0 Å². The van der Waals surface area contributed by atoms with Crippen LogP contribution < -0.4 is 10.4 Å². The number of fused-ring (bicyclic) bond motifs is 3. The molecule has 3 heterocycles. The number of pyridine rings is 2. The van der Waals surface area contributed by atoms with E-state index in [1.165, 1.54) is 15.9 Å². The van der Waals surface area contributed by atoms with Crippen molar-refractivity contribution in [1.82, 2.24) is 9.97 Å². The van der Waals surface area contributed by atoms with Crippen molar-refractivity contribution in [3.63, 3.8) is 0 Å². The summed E-state index contributed by atoms with van der Waals surface area (Å²) in [5.74, 6) is 0.510. The second-order valence-electron chi connectivity index (χ2n) is 12.4. The summed E-state index contributed by atoms with van der Waals surface area (Å²) in [6.45, 7) is 9.24. The largest absolute Gasteiger partial charge is 0.305 e. The quantitative estimate of drug-likeness (QED) is 0.126. The van der Waals surface area contributed by atoms with Gasteiger partial charge in [-0.25, -0.2) is 8.42 Å². The van der Waals surface area contributed by atoms with Gasteiger partial charge in [0.15, 0.2) is 9.84 Å². The van der Waals surface area contributed by atoms with E-state index in [2.05, 4.69) is 86.7 Å². The summed E-state index contributed by atoms with van der Waals surface area (Å²) in [7, 11) is -5.42. The Bertz CT molecular complexity index is 2050. The number of rotatable bonds is 6. The molecule has 0 atom stereocenters. The van der Waals surface area contributed by atoms with Crippen LogP contribution in [-0.4, -0.2) is 26.5 Å². The van der Waals surface area contributed by atoms with Crippen LogP contribution in [0.4, 0.5) is 0 Å². The minimum absolute atomic E-state index is 0. The maximum atomic E-state index is 13.0. The van der Waals surface area contributed by atoms with E-state index in [-0.39, 0.29) is 20.1 Å². The minimum Gasteiger partial charge on any atom is -0.305 e. The van der Waals surface area contributed by atoms with E-state index >= 15 is 0 Å². The molecule has 7 rings (SSSR count). The van der Waals surface area contributed by atoms with E-state index in [0.717, 1.165) is 40.1 Å². The number of nitrogens with zero attached hydrogens (tertiary/aromatic N) is 2. The fourth-order valence-electron chi connectivity index (χ4n) is 6.00. The van der Waals surface area contributed by atoms with E-state index in [4.69, 9.17) is 4.98 Å². The predicted octanol–water partition coefficient (Wildman–Crippen LogP) is 7.93. The minimum atomic E-state index is -3.49. The Morgan fingerprint density at radius 1 is 0.723 bits per heavy atom. The van der Waals surface area contributed by atoms with Gasteiger partial charge in [-0.05, 0) is 51.5 Å². The van der Waals surface area contributed by atoms with Crippen molar-refractivity contribution in [3.05, 3.63) is 145 Å². The molecule has 0 unspecified atom stereocenters. The number of aromatic nitrogens is 2. The maximum absolute atomic E-state index is 13.0. The molecule has 7 heteroatoms. The number of benzene rings is 4. The van der Waals surface area contributed by atoms with Gasteiger partial charge in [0.1, 0.15) is 8.07 Å². The summed E-state index contributed by atoms with van der Waals surface area (Å²) in [6, 6.07) is 43.7. The van der Waals surface area contributed by atoms with Gasteiger partial charge in [0.05, 0.1) is 4.90 Å². The zero-order valence-corrected chi connectivity index (χ0v) is 31.1. The average molecular weight is 829 g/mol. The average Bonchev–Trinajstić information content (AvgIpc) is 3.31. The first-order chi connectivity index (χ1) is 22.2. The van der Waals surface area contributed by atoms with Gasteiger partial charge in [0, 0.05) is 32.5 Å². The molecule has 239 valence electrons. The van der Waals surface area contributed by atoms with Crippen molar-refractivity contribution in [2.75, 3.05) is 0 Å². The van der Waals surface area contributed by atoms with Crippen molar-refractivity contribution in [2.45, 2.75) is 43.2 Å². The van der Waals surface area contributed by atoms with E-state index in [1.54, 1.807) is 24.4 Å². The third kappa shape index (κ3) is 7.14. The molecule has 0 fully saturated rings. The first-order valence-electron chi connectivity index (χ1n) is 15.5. The summed E-state index contributed by atoms with van der Waals surface area (Å²) in [6.07, 6.45) is 4.81. The van der Waals surface area contributed by atoms with Crippen LogP contribution in [-0.2, 0) is 36.4 Å². The standard InChI is InChI=1S/C29H28NO2SSi.C11H8N.Ir/c1-20(2)16-22-18-26(30-19-29(22)34(3,4)23-10-6-5-7-11-23)21-14-15-28-25(17-21)24-12-8-9-13-27(24)33(28,31)32;1-2-6-10(7-3-1)11-8-4-5-9-12-11;/h5-13,15,17-20H,16H2,1-4H3;1-6,8-9H;/q2*-1;. The molecule has 2 aromatic heterocycles. The molecule has 1 aliphatic heterocycles.